The molecule has 1 atom stereocenters. The van der Waals surface area contributed by atoms with E-state index in [4.69, 9.17) is 5.11 Å². The van der Waals surface area contributed by atoms with Crippen LogP contribution in [0.5, 0.6) is 0 Å². The maximum absolute atomic E-state index is 8.41. The molecule has 0 aromatic rings. The van der Waals surface area contributed by atoms with E-state index in [1.54, 1.807) is 11.8 Å². The lowest BCUT2D eigenvalue weighted by Crippen LogP contribution is -2.12. The Morgan fingerprint density at radius 3 is 2.20 bits per heavy atom. The maximum atomic E-state index is 8.41. The molecule has 0 bridgehead atoms. The molecule has 0 aromatic heterocycles. The first kappa shape index (κ1) is 3.50. The van der Waals surface area contributed by atoms with Crippen LogP contribution in [0.25, 0.3) is 0 Å². The number of aliphatic hydroxyl groups is 1. The standard InChI is InChI=1S/C3H6OS/c4-3-1-2-5-3/h3-4H,1-2H2. The van der Waals surface area contributed by atoms with Crippen molar-refractivity contribution in [3.05, 3.63) is 0 Å². The molecule has 1 N–H and O–H groups in total. The summed E-state index contributed by atoms with van der Waals surface area (Å²) in [6.07, 6.45) is 1.00. The summed E-state index contributed by atoms with van der Waals surface area (Å²) < 4.78 is 0. The second-order valence-corrected chi connectivity index (χ2v) is 2.40. The van der Waals surface area contributed by atoms with Gasteiger partial charge in [-0.3, -0.25) is 0 Å². The topological polar surface area (TPSA) is 20.2 Å². The third-order valence-electron chi connectivity index (χ3n) is 0.675. The lowest BCUT2D eigenvalue weighted by molar-refractivity contribution is 0.247. The van der Waals surface area contributed by atoms with Gasteiger partial charge in [0.05, 0.1) is 0 Å². The van der Waals surface area contributed by atoms with E-state index >= 15 is 0 Å². The summed E-state index contributed by atoms with van der Waals surface area (Å²) in [4.78, 5) is 0. The van der Waals surface area contributed by atoms with Crippen molar-refractivity contribution in [3.63, 3.8) is 0 Å². The van der Waals surface area contributed by atoms with E-state index in [0.29, 0.717) is 0 Å². The first-order chi connectivity index (χ1) is 2.39. The Labute approximate surface area is 35.4 Å². The van der Waals surface area contributed by atoms with Crippen LogP contribution in [0, 0.1) is 0 Å². The minimum absolute atomic E-state index is 0.0185. The summed E-state index contributed by atoms with van der Waals surface area (Å²) in [6.45, 7) is 0. The summed E-state index contributed by atoms with van der Waals surface area (Å²) in [6, 6.07) is 0. The van der Waals surface area contributed by atoms with Gasteiger partial charge in [0.15, 0.2) is 0 Å². The minimum Gasteiger partial charge on any atom is -0.382 e. The van der Waals surface area contributed by atoms with Gasteiger partial charge in [-0.05, 0) is 12.2 Å². The number of aliphatic hydroxyl groups excluding tert-OH is 1. The highest BCUT2D eigenvalue weighted by Crippen LogP contribution is 2.23. The van der Waals surface area contributed by atoms with Gasteiger partial charge in [0.1, 0.15) is 5.44 Å². The molecule has 0 aliphatic carbocycles. The first-order valence-electron chi connectivity index (χ1n) is 1.69. The molecular formula is C3H6OS. The van der Waals surface area contributed by atoms with Crippen LogP contribution < -0.4 is 0 Å². The highest BCUT2D eigenvalue weighted by atomic mass is 32.2. The van der Waals surface area contributed by atoms with Crippen molar-refractivity contribution in [1.82, 2.24) is 0 Å². The second-order valence-electron chi connectivity index (χ2n) is 1.11. The third kappa shape index (κ3) is 0.578. The number of hydrogen-bond acceptors (Lipinski definition) is 2. The van der Waals surface area contributed by atoms with Crippen LogP contribution in [0.1, 0.15) is 6.42 Å². The van der Waals surface area contributed by atoms with E-state index in [1.807, 2.05) is 0 Å². The Balaban J connectivity index is 2.08. The van der Waals surface area contributed by atoms with Crippen molar-refractivity contribution in [2.75, 3.05) is 5.75 Å². The van der Waals surface area contributed by atoms with Crippen LogP contribution in [-0.4, -0.2) is 16.3 Å². The minimum atomic E-state index is -0.0185. The molecule has 0 spiro atoms. The molecular weight excluding hydrogens is 84.1 g/mol. The van der Waals surface area contributed by atoms with Crippen LogP contribution in [0.4, 0.5) is 0 Å². The van der Waals surface area contributed by atoms with Gasteiger partial charge >= 0.3 is 0 Å². The normalized spacial score (nSPS) is 36.6. The molecule has 1 aliphatic rings. The first-order valence-corrected chi connectivity index (χ1v) is 2.74. The van der Waals surface area contributed by atoms with Crippen LogP contribution in [0.2, 0.25) is 0 Å². The van der Waals surface area contributed by atoms with Gasteiger partial charge in [0, 0.05) is 0 Å². The summed E-state index contributed by atoms with van der Waals surface area (Å²) in [5.74, 6) is 1.15. The Bertz CT molecular complexity index is 33.9. The van der Waals surface area contributed by atoms with Gasteiger partial charge in [-0.2, -0.15) is 0 Å². The van der Waals surface area contributed by atoms with Crippen molar-refractivity contribution < 1.29 is 5.11 Å². The van der Waals surface area contributed by atoms with Gasteiger partial charge in [-0.15, -0.1) is 11.8 Å². The van der Waals surface area contributed by atoms with Gasteiger partial charge < -0.3 is 5.11 Å². The van der Waals surface area contributed by atoms with Crippen molar-refractivity contribution >= 4 is 11.8 Å². The van der Waals surface area contributed by atoms with Crippen LogP contribution in [0.15, 0.2) is 0 Å². The van der Waals surface area contributed by atoms with Gasteiger partial charge in [0.25, 0.3) is 0 Å². The average Bonchev–Trinajstić information content (AvgIpc) is 1.30. The fourth-order valence-corrected chi connectivity index (χ4v) is 0.670. The summed E-state index contributed by atoms with van der Waals surface area (Å²) in [5, 5.41) is 8.41. The molecule has 0 amide bonds. The highest BCUT2D eigenvalue weighted by Gasteiger charge is 2.12. The van der Waals surface area contributed by atoms with Gasteiger partial charge in [-0.1, -0.05) is 0 Å². The third-order valence-corrected chi connectivity index (χ3v) is 1.77. The summed E-state index contributed by atoms with van der Waals surface area (Å²) in [5.41, 5.74) is -0.0185. The molecule has 5 heavy (non-hydrogen) atoms. The summed E-state index contributed by atoms with van der Waals surface area (Å²) in [7, 11) is 0. The molecule has 1 nitrogen and oxygen atoms in total. The lowest BCUT2D eigenvalue weighted by atomic mass is 10.5. The predicted octanol–water partition coefficient (Wildman–Crippen LogP) is 0.442. The molecule has 1 aliphatic heterocycles. The number of hydrogen-bond donors (Lipinski definition) is 1. The van der Waals surface area contributed by atoms with Gasteiger partial charge in [-0.25, -0.2) is 0 Å². The van der Waals surface area contributed by atoms with Crippen molar-refractivity contribution in [1.29, 1.82) is 0 Å². The molecule has 0 aromatic carbocycles. The van der Waals surface area contributed by atoms with E-state index in [9.17, 15) is 0 Å². The molecule has 0 saturated carbocycles. The molecule has 30 valence electrons. The van der Waals surface area contributed by atoms with Gasteiger partial charge in [0.2, 0.25) is 0 Å². The van der Waals surface area contributed by atoms with Crippen LogP contribution in [0.3, 0.4) is 0 Å². The van der Waals surface area contributed by atoms with E-state index in [1.165, 1.54) is 0 Å². The van der Waals surface area contributed by atoms with Crippen LogP contribution >= 0.6 is 11.8 Å². The maximum Gasteiger partial charge on any atom is 0.100 e. The molecule has 1 heterocycles. The largest absolute Gasteiger partial charge is 0.382 e. The molecule has 2 heteroatoms. The van der Waals surface area contributed by atoms with Crippen molar-refractivity contribution in [3.8, 4) is 0 Å². The summed E-state index contributed by atoms with van der Waals surface area (Å²) >= 11 is 1.62. The molecule has 0 radical (unpaired) electrons. The van der Waals surface area contributed by atoms with E-state index in [2.05, 4.69) is 0 Å². The zero-order valence-corrected chi connectivity index (χ0v) is 3.66. The average molecular weight is 90.1 g/mol. The molecule has 1 rings (SSSR count). The quantitative estimate of drug-likeness (QED) is 0.466. The SMILES string of the molecule is OC1CCS1. The molecule has 1 fully saturated rings. The fraction of sp³-hybridized carbons (Fsp3) is 1.00. The monoisotopic (exact) mass is 90.0 g/mol. The highest BCUT2D eigenvalue weighted by molar-refractivity contribution is 8.01. The molecule has 1 saturated heterocycles. The Hall–Kier alpha value is 0.310. The number of rotatable bonds is 0. The van der Waals surface area contributed by atoms with E-state index in [-0.39, 0.29) is 5.44 Å². The van der Waals surface area contributed by atoms with E-state index in [0.717, 1.165) is 12.2 Å². The van der Waals surface area contributed by atoms with Crippen LogP contribution in [-0.2, 0) is 0 Å². The molecule has 1 unspecified atom stereocenters. The Kier molecular flexibility index (Phi) is 0.830. The Morgan fingerprint density at radius 2 is 2.20 bits per heavy atom. The smallest absolute Gasteiger partial charge is 0.100 e. The second kappa shape index (κ2) is 1.19. The van der Waals surface area contributed by atoms with Crippen molar-refractivity contribution in [2.24, 2.45) is 0 Å². The zero-order chi connectivity index (χ0) is 3.70. The number of thioether (sulfide) groups is 1. The predicted molar refractivity (Wildman–Crippen MR) is 23.1 cm³/mol. The Morgan fingerprint density at radius 1 is 1.80 bits per heavy atom. The zero-order valence-electron chi connectivity index (χ0n) is 2.85. The van der Waals surface area contributed by atoms with Crippen molar-refractivity contribution in [2.45, 2.75) is 11.9 Å². The fourth-order valence-electron chi connectivity index (χ4n) is 0.223. The lowest BCUT2D eigenvalue weighted by Gasteiger charge is -2.17. The van der Waals surface area contributed by atoms with E-state index < -0.39 is 0 Å².